The van der Waals surface area contributed by atoms with Crippen molar-refractivity contribution in [2.75, 3.05) is 13.6 Å². The summed E-state index contributed by atoms with van der Waals surface area (Å²) < 4.78 is 5.36. The molecule has 0 atom stereocenters. The van der Waals surface area contributed by atoms with Gasteiger partial charge in [0.2, 0.25) is 11.8 Å². The summed E-state index contributed by atoms with van der Waals surface area (Å²) in [5, 5.41) is 11.8. The number of hydrogen-bond donors (Lipinski definition) is 2. The number of carbonyl (C=O) groups is 3. The normalized spacial score (nSPS) is 11.2. The summed E-state index contributed by atoms with van der Waals surface area (Å²) in [5.41, 5.74) is -0.337. The summed E-state index contributed by atoms with van der Waals surface area (Å²) in [6.45, 7) is 7.72. The molecule has 2 amide bonds. The van der Waals surface area contributed by atoms with E-state index < -0.39 is 11.4 Å². The predicted molar refractivity (Wildman–Crippen MR) is 88.6 cm³/mol. The van der Waals surface area contributed by atoms with Gasteiger partial charge in [0.05, 0.1) is 6.54 Å². The Morgan fingerprint density at radius 2 is 1.92 bits per heavy atom. The number of aryl methyl sites for hydroxylation is 1. The van der Waals surface area contributed by atoms with Gasteiger partial charge in [0.1, 0.15) is 17.1 Å². The van der Waals surface area contributed by atoms with E-state index in [-0.39, 0.29) is 23.9 Å². The van der Waals surface area contributed by atoms with Crippen LogP contribution in [0.2, 0.25) is 0 Å². The first kappa shape index (κ1) is 19.7. The first-order chi connectivity index (χ1) is 11.0. The molecule has 0 aliphatic rings. The minimum atomic E-state index is -1.05. The van der Waals surface area contributed by atoms with Crippen LogP contribution in [0, 0.1) is 12.3 Å². The SMILES string of the molecule is Cc1oc(CN(C)C(=O)CCCNC(=O)C(C)(C)C)cc1C(=O)O. The van der Waals surface area contributed by atoms with Crippen LogP contribution in [-0.2, 0) is 16.1 Å². The third-order valence-electron chi connectivity index (χ3n) is 3.55. The van der Waals surface area contributed by atoms with E-state index in [2.05, 4.69) is 5.32 Å². The van der Waals surface area contributed by atoms with Crippen LogP contribution < -0.4 is 5.32 Å². The summed E-state index contributed by atoms with van der Waals surface area (Å²) in [6, 6.07) is 1.44. The Morgan fingerprint density at radius 1 is 1.29 bits per heavy atom. The third kappa shape index (κ3) is 5.72. The van der Waals surface area contributed by atoms with Gasteiger partial charge in [0.25, 0.3) is 0 Å². The van der Waals surface area contributed by atoms with Crippen molar-refractivity contribution >= 4 is 17.8 Å². The Labute approximate surface area is 142 Å². The van der Waals surface area contributed by atoms with E-state index in [0.717, 1.165) is 0 Å². The zero-order valence-corrected chi connectivity index (χ0v) is 14.9. The second-order valence-electron chi connectivity index (χ2n) is 6.85. The number of nitrogens with one attached hydrogen (secondary N) is 1. The molecule has 0 unspecified atom stereocenters. The van der Waals surface area contributed by atoms with Gasteiger partial charge in [-0.15, -0.1) is 0 Å². The highest BCUT2D eigenvalue weighted by Crippen LogP contribution is 2.16. The maximum Gasteiger partial charge on any atom is 0.339 e. The maximum atomic E-state index is 12.1. The number of carbonyl (C=O) groups excluding carboxylic acids is 2. The molecule has 2 N–H and O–H groups in total. The average Bonchev–Trinajstić information content (AvgIpc) is 2.82. The van der Waals surface area contributed by atoms with Gasteiger partial charge in [0.15, 0.2) is 0 Å². The largest absolute Gasteiger partial charge is 0.478 e. The number of aromatic carboxylic acids is 1. The van der Waals surface area contributed by atoms with Crippen molar-refractivity contribution < 1.29 is 23.9 Å². The Morgan fingerprint density at radius 3 is 2.42 bits per heavy atom. The lowest BCUT2D eigenvalue weighted by Crippen LogP contribution is -2.35. The van der Waals surface area contributed by atoms with Crippen LogP contribution in [0.4, 0.5) is 0 Å². The monoisotopic (exact) mass is 338 g/mol. The second kappa shape index (κ2) is 7.99. The topological polar surface area (TPSA) is 99.9 Å². The fourth-order valence-corrected chi connectivity index (χ4v) is 2.05. The first-order valence-electron chi connectivity index (χ1n) is 7.87. The minimum absolute atomic E-state index is 0.0458. The highest BCUT2D eigenvalue weighted by atomic mass is 16.4. The molecule has 1 aromatic heterocycles. The lowest BCUT2D eigenvalue weighted by Gasteiger charge is -2.18. The molecule has 1 heterocycles. The van der Waals surface area contributed by atoms with Gasteiger partial charge in [-0.1, -0.05) is 20.8 Å². The van der Waals surface area contributed by atoms with Gasteiger partial charge in [-0.05, 0) is 19.4 Å². The van der Waals surface area contributed by atoms with Crippen LogP contribution in [0.1, 0.15) is 55.5 Å². The number of hydrogen-bond acceptors (Lipinski definition) is 4. The first-order valence-corrected chi connectivity index (χ1v) is 7.87. The van der Waals surface area contributed by atoms with Gasteiger partial charge in [-0.25, -0.2) is 4.79 Å². The number of amides is 2. The van der Waals surface area contributed by atoms with Crippen molar-refractivity contribution in [1.82, 2.24) is 10.2 Å². The zero-order valence-electron chi connectivity index (χ0n) is 14.9. The van der Waals surface area contributed by atoms with Crippen molar-refractivity contribution in [2.24, 2.45) is 5.41 Å². The molecule has 0 aliphatic heterocycles. The second-order valence-corrected chi connectivity index (χ2v) is 6.85. The van der Waals surface area contributed by atoms with Crippen LogP contribution in [0.25, 0.3) is 0 Å². The van der Waals surface area contributed by atoms with Crippen molar-refractivity contribution in [1.29, 1.82) is 0 Å². The van der Waals surface area contributed by atoms with E-state index in [0.29, 0.717) is 30.9 Å². The molecule has 1 aromatic rings. The van der Waals surface area contributed by atoms with Gasteiger partial charge in [0, 0.05) is 25.4 Å². The van der Waals surface area contributed by atoms with Gasteiger partial charge in [-0.2, -0.15) is 0 Å². The molecule has 0 fully saturated rings. The van der Waals surface area contributed by atoms with Crippen LogP contribution in [0.3, 0.4) is 0 Å². The molecule has 0 saturated heterocycles. The van der Waals surface area contributed by atoms with E-state index in [9.17, 15) is 14.4 Å². The summed E-state index contributed by atoms with van der Waals surface area (Å²) in [6.07, 6.45) is 0.842. The smallest absolute Gasteiger partial charge is 0.339 e. The quantitative estimate of drug-likeness (QED) is 0.742. The standard InChI is InChI=1S/C17H26N2O5/c1-11-13(15(21)22)9-12(24-11)10-19(5)14(20)7-6-8-18-16(23)17(2,3)4/h9H,6-8,10H2,1-5H3,(H,18,23)(H,21,22). The van der Waals surface area contributed by atoms with Crippen molar-refractivity contribution in [3.63, 3.8) is 0 Å². The number of rotatable bonds is 7. The van der Waals surface area contributed by atoms with Gasteiger partial charge in [-0.3, -0.25) is 9.59 Å². The summed E-state index contributed by atoms with van der Waals surface area (Å²) >= 11 is 0. The highest BCUT2D eigenvalue weighted by Gasteiger charge is 2.20. The molecule has 0 aliphatic carbocycles. The molecule has 7 nitrogen and oxygen atoms in total. The van der Waals surface area contributed by atoms with E-state index in [1.807, 2.05) is 20.8 Å². The molecule has 7 heteroatoms. The lowest BCUT2D eigenvalue weighted by molar-refractivity contribution is -0.131. The molecule has 134 valence electrons. The maximum absolute atomic E-state index is 12.1. The fraction of sp³-hybridized carbons (Fsp3) is 0.588. The summed E-state index contributed by atoms with van der Waals surface area (Å²) in [4.78, 5) is 36.2. The van der Waals surface area contributed by atoms with E-state index in [1.165, 1.54) is 11.0 Å². The molecular formula is C17H26N2O5. The minimum Gasteiger partial charge on any atom is -0.478 e. The molecule has 0 aromatic carbocycles. The van der Waals surface area contributed by atoms with Crippen LogP contribution >= 0.6 is 0 Å². The van der Waals surface area contributed by atoms with E-state index in [4.69, 9.17) is 9.52 Å². The molecule has 0 radical (unpaired) electrons. The van der Waals surface area contributed by atoms with Crippen molar-refractivity contribution in [3.8, 4) is 0 Å². The Hall–Kier alpha value is -2.31. The molecule has 0 bridgehead atoms. The van der Waals surface area contributed by atoms with E-state index in [1.54, 1.807) is 14.0 Å². The Balaban J connectivity index is 2.41. The van der Waals surface area contributed by atoms with Crippen molar-refractivity contribution in [3.05, 3.63) is 23.2 Å². The molecule has 1 rings (SSSR count). The molecular weight excluding hydrogens is 312 g/mol. The van der Waals surface area contributed by atoms with Crippen LogP contribution in [0.5, 0.6) is 0 Å². The molecule has 0 spiro atoms. The third-order valence-corrected chi connectivity index (χ3v) is 3.55. The summed E-state index contributed by atoms with van der Waals surface area (Å²) in [5.74, 6) is -0.433. The van der Waals surface area contributed by atoms with Crippen LogP contribution in [0.15, 0.2) is 10.5 Å². The number of nitrogens with zero attached hydrogens (tertiary/aromatic N) is 1. The van der Waals surface area contributed by atoms with Gasteiger partial charge < -0.3 is 19.7 Å². The average molecular weight is 338 g/mol. The predicted octanol–water partition coefficient (Wildman–Crippen LogP) is 2.19. The van der Waals surface area contributed by atoms with Gasteiger partial charge >= 0.3 is 5.97 Å². The Bertz CT molecular complexity index is 613. The van der Waals surface area contributed by atoms with Crippen LogP contribution in [-0.4, -0.2) is 41.4 Å². The Kier molecular flexibility index (Phi) is 6.57. The highest BCUT2D eigenvalue weighted by molar-refractivity contribution is 5.88. The zero-order chi connectivity index (χ0) is 18.5. The molecule has 24 heavy (non-hydrogen) atoms. The molecule has 0 saturated carbocycles. The fourth-order valence-electron chi connectivity index (χ4n) is 2.05. The van der Waals surface area contributed by atoms with E-state index >= 15 is 0 Å². The number of carboxylic acids is 1. The lowest BCUT2D eigenvalue weighted by atomic mass is 9.96. The number of carboxylic acid groups (broad SMARTS) is 1. The number of furan rings is 1. The van der Waals surface area contributed by atoms with Crippen molar-refractivity contribution in [2.45, 2.75) is 47.1 Å². The summed E-state index contributed by atoms with van der Waals surface area (Å²) in [7, 11) is 1.63.